The van der Waals surface area contributed by atoms with E-state index in [0.29, 0.717) is 25.6 Å². The molecule has 0 aromatic carbocycles. The summed E-state index contributed by atoms with van der Waals surface area (Å²) in [6.45, 7) is 14.4. The third kappa shape index (κ3) is 7.24. The molecular formula is C47H76O18. The van der Waals surface area contributed by atoms with Crippen LogP contribution in [0.1, 0.15) is 93.4 Å². The minimum Gasteiger partial charge on any atom is -0.394 e. The van der Waals surface area contributed by atoms with Crippen molar-refractivity contribution < 1.29 is 89.0 Å². The summed E-state index contributed by atoms with van der Waals surface area (Å²) in [6.07, 6.45) is -14.3. The molecule has 5 aliphatic heterocycles. The Morgan fingerprint density at radius 2 is 1.22 bits per heavy atom. The lowest BCUT2D eigenvalue weighted by molar-refractivity contribution is -0.387. The normalized spacial score (nSPS) is 56.9. The summed E-state index contributed by atoms with van der Waals surface area (Å²) in [5.74, 6) is -0.317. The van der Waals surface area contributed by atoms with Gasteiger partial charge in [0.1, 0.15) is 67.1 Å². The molecule has 9 aliphatic rings. The van der Waals surface area contributed by atoms with Crippen LogP contribution in [0.25, 0.3) is 0 Å². The molecule has 18 nitrogen and oxygen atoms in total. The molecule has 5 saturated heterocycles. The number of hydrogen-bond donors (Lipinski definition) is 10. The van der Waals surface area contributed by atoms with Crippen molar-refractivity contribution in [1.82, 2.24) is 0 Å². The Morgan fingerprint density at radius 1 is 0.631 bits per heavy atom. The van der Waals surface area contributed by atoms with Crippen molar-refractivity contribution in [2.24, 2.45) is 51.2 Å². The quantitative estimate of drug-likeness (QED) is 0.101. The van der Waals surface area contributed by atoms with Gasteiger partial charge in [0.25, 0.3) is 0 Å². The van der Waals surface area contributed by atoms with Crippen molar-refractivity contribution in [3.8, 4) is 0 Å². The molecular weight excluding hydrogens is 852 g/mol. The van der Waals surface area contributed by atoms with E-state index in [1.807, 2.05) is 6.92 Å². The summed E-state index contributed by atoms with van der Waals surface area (Å²) in [6, 6.07) is 0. The SMILES string of the molecule is CC(C)=CC1CO[C@]23C[C@]4(CO2)C(CCC2[C@]5(C)CCC(OC6OC(CO)C(O)C(OC7OC(CO)C(O)C(O)C7O)C6OC6OC(CO)C(O)C6O)C(C)(C)C5CC[C@]24C)C3[C@@]1(C)O. The molecule has 0 radical (unpaired) electrons. The Kier molecular flexibility index (Phi) is 12.9. The largest absolute Gasteiger partial charge is 0.394 e. The predicted octanol–water partition coefficient (Wildman–Crippen LogP) is -0.176. The van der Waals surface area contributed by atoms with Crippen LogP contribution in [0.2, 0.25) is 0 Å². The van der Waals surface area contributed by atoms with Crippen molar-refractivity contribution in [3.63, 3.8) is 0 Å². The first-order chi connectivity index (χ1) is 30.5. The number of rotatable bonds is 10. The predicted molar refractivity (Wildman–Crippen MR) is 225 cm³/mol. The average Bonchev–Trinajstić information content (AvgIpc) is 3.88. The lowest BCUT2D eigenvalue weighted by atomic mass is 9.35. The molecule has 4 aliphatic carbocycles. The highest BCUT2D eigenvalue weighted by Crippen LogP contribution is 2.80. The summed E-state index contributed by atoms with van der Waals surface area (Å²) in [5.41, 5.74) is -0.701. The van der Waals surface area contributed by atoms with Crippen LogP contribution in [0, 0.1) is 51.2 Å². The molecule has 2 bridgehead atoms. The van der Waals surface area contributed by atoms with Crippen LogP contribution in [0.3, 0.4) is 0 Å². The zero-order valence-electron chi connectivity index (χ0n) is 38.8. The van der Waals surface area contributed by atoms with Crippen LogP contribution >= 0.6 is 0 Å². The zero-order chi connectivity index (χ0) is 47.0. The summed E-state index contributed by atoms with van der Waals surface area (Å²) in [4.78, 5) is 0. The van der Waals surface area contributed by atoms with E-state index in [0.717, 1.165) is 44.1 Å². The van der Waals surface area contributed by atoms with Crippen LogP contribution in [0.15, 0.2) is 11.6 Å². The first-order valence-corrected chi connectivity index (χ1v) is 24.0. The first kappa shape index (κ1) is 49.0. The van der Waals surface area contributed by atoms with E-state index in [9.17, 15) is 51.1 Å². The number of fused-ring (bicyclic) bond motifs is 4. The molecule has 9 rings (SSSR count). The maximum Gasteiger partial charge on any atom is 0.187 e. The van der Waals surface area contributed by atoms with Crippen molar-refractivity contribution in [2.75, 3.05) is 33.0 Å². The van der Waals surface area contributed by atoms with Gasteiger partial charge in [0.05, 0.1) is 44.7 Å². The van der Waals surface area contributed by atoms with Gasteiger partial charge < -0.3 is 89.0 Å². The van der Waals surface area contributed by atoms with Crippen molar-refractivity contribution >= 4 is 0 Å². The Labute approximate surface area is 381 Å². The topological polar surface area (TPSA) is 276 Å². The van der Waals surface area contributed by atoms with Gasteiger partial charge in [0.2, 0.25) is 0 Å². The molecule has 5 heterocycles. The molecule has 2 spiro atoms. The second-order valence-electron chi connectivity index (χ2n) is 22.9. The fourth-order valence-corrected chi connectivity index (χ4v) is 15.8. The van der Waals surface area contributed by atoms with Gasteiger partial charge in [-0.05, 0) is 93.3 Å². The molecule has 65 heavy (non-hydrogen) atoms. The van der Waals surface area contributed by atoms with Gasteiger partial charge in [-0.15, -0.1) is 0 Å². The second-order valence-corrected chi connectivity index (χ2v) is 22.9. The molecule has 0 aromatic rings. The fourth-order valence-electron chi connectivity index (χ4n) is 15.8. The molecule has 0 amide bonds. The molecule has 4 saturated carbocycles. The highest BCUT2D eigenvalue weighted by molar-refractivity contribution is 5.27. The lowest BCUT2D eigenvalue weighted by Crippen LogP contribution is -2.68. The van der Waals surface area contributed by atoms with Gasteiger partial charge in [0, 0.05) is 23.7 Å². The number of aliphatic hydroxyl groups excluding tert-OH is 9. The van der Waals surface area contributed by atoms with Gasteiger partial charge in [-0.1, -0.05) is 39.3 Å². The monoisotopic (exact) mass is 929 g/mol. The first-order valence-electron chi connectivity index (χ1n) is 24.0. The number of aliphatic hydroxyl groups is 10. The van der Waals surface area contributed by atoms with E-state index in [4.69, 9.17) is 37.9 Å². The van der Waals surface area contributed by atoms with E-state index < -0.39 is 129 Å². The van der Waals surface area contributed by atoms with Gasteiger partial charge in [-0.25, -0.2) is 0 Å². The number of allylic oxidation sites excluding steroid dienone is 1. The average molecular weight is 929 g/mol. The molecule has 25 atom stereocenters. The van der Waals surface area contributed by atoms with Crippen LogP contribution in [0.5, 0.6) is 0 Å². The van der Waals surface area contributed by atoms with E-state index in [-0.39, 0.29) is 39.9 Å². The summed E-state index contributed by atoms with van der Waals surface area (Å²) in [7, 11) is 0. The Bertz CT molecular complexity index is 1760. The summed E-state index contributed by atoms with van der Waals surface area (Å²) < 4.78 is 50.7. The minimum absolute atomic E-state index is 0.0960. The molecule has 372 valence electrons. The number of ether oxygens (including phenoxy) is 8. The van der Waals surface area contributed by atoms with E-state index in [1.54, 1.807) is 0 Å². The summed E-state index contributed by atoms with van der Waals surface area (Å²) >= 11 is 0. The third-order valence-electron chi connectivity index (χ3n) is 19.1. The van der Waals surface area contributed by atoms with Crippen LogP contribution in [-0.2, 0) is 37.9 Å². The van der Waals surface area contributed by atoms with E-state index >= 15 is 0 Å². The lowest BCUT2D eigenvalue weighted by Gasteiger charge is -2.70. The maximum atomic E-state index is 12.4. The van der Waals surface area contributed by atoms with Crippen molar-refractivity contribution in [1.29, 1.82) is 0 Å². The fraction of sp³-hybridized carbons (Fsp3) is 0.957. The van der Waals surface area contributed by atoms with E-state index in [2.05, 4.69) is 47.6 Å². The molecule has 0 aromatic heterocycles. The van der Waals surface area contributed by atoms with E-state index in [1.165, 1.54) is 0 Å². The minimum atomic E-state index is -1.86. The maximum absolute atomic E-state index is 12.4. The van der Waals surface area contributed by atoms with Gasteiger partial charge in [-0.2, -0.15) is 0 Å². The Morgan fingerprint density at radius 3 is 1.85 bits per heavy atom. The van der Waals surface area contributed by atoms with Crippen molar-refractivity contribution in [2.45, 2.75) is 197 Å². The molecule has 18 heteroatoms. The third-order valence-corrected chi connectivity index (χ3v) is 19.1. The standard InChI is InChI=1S/C47H76O18/c1-21(2)14-22-18-58-47-19-46(20-59-47)23(38(47)45(22,7)57)8-9-28-43(5)12-11-29(42(3,4)27(43)10-13-44(28,46)6)63-41-37(65-39-34(55)31(52)25(16-49)61-39)36(32(53)26(17-50)62-41)64-40-35(56)33(54)30(51)24(15-48)60-40/h14,22-41,48-57H,8-13,15-20H2,1-7H3/t22?,23?,24?,25?,26?,27?,28?,29?,30?,31?,32?,33?,34?,35?,36?,37?,38?,39?,40?,41?,43-,44-,45+,46+,47-/m1/s1. The second kappa shape index (κ2) is 17.1. The molecule has 10 N–H and O–H groups in total. The van der Waals surface area contributed by atoms with Gasteiger partial charge in [0.15, 0.2) is 24.7 Å². The molecule has 20 unspecified atom stereocenters. The van der Waals surface area contributed by atoms with Gasteiger partial charge in [-0.3, -0.25) is 0 Å². The smallest absolute Gasteiger partial charge is 0.187 e. The van der Waals surface area contributed by atoms with Gasteiger partial charge >= 0.3 is 0 Å². The highest BCUT2D eigenvalue weighted by atomic mass is 16.8. The number of hydrogen-bond acceptors (Lipinski definition) is 18. The Hall–Kier alpha value is -0.980. The highest BCUT2D eigenvalue weighted by Gasteiger charge is 2.81. The van der Waals surface area contributed by atoms with Crippen LogP contribution in [0.4, 0.5) is 0 Å². The summed E-state index contributed by atoms with van der Waals surface area (Å²) in [5, 5.41) is 108. The Balaban J connectivity index is 0.991. The van der Waals surface area contributed by atoms with Crippen LogP contribution < -0.4 is 0 Å². The molecule has 9 fully saturated rings. The van der Waals surface area contributed by atoms with Crippen molar-refractivity contribution in [3.05, 3.63) is 11.6 Å². The van der Waals surface area contributed by atoms with Crippen LogP contribution in [-0.4, -0.2) is 188 Å². The zero-order valence-corrected chi connectivity index (χ0v) is 38.8.